The van der Waals surface area contributed by atoms with Gasteiger partial charge in [-0.25, -0.2) is 4.98 Å². The van der Waals surface area contributed by atoms with E-state index in [1.165, 1.54) is 17.5 Å². The van der Waals surface area contributed by atoms with E-state index < -0.39 is 0 Å². The molecule has 0 spiro atoms. The van der Waals surface area contributed by atoms with Crippen molar-refractivity contribution in [3.63, 3.8) is 0 Å². The Labute approximate surface area is 171 Å². The molecule has 2 fully saturated rings. The summed E-state index contributed by atoms with van der Waals surface area (Å²) < 4.78 is 8.11. The number of guanidine groups is 1. The molecule has 3 heterocycles. The van der Waals surface area contributed by atoms with E-state index in [4.69, 9.17) is 4.74 Å². The molecule has 3 unspecified atom stereocenters. The number of benzene rings is 2. The van der Waals surface area contributed by atoms with Crippen LogP contribution in [0.25, 0.3) is 11.0 Å². The lowest BCUT2D eigenvalue weighted by Gasteiger charge is -2.22. The third-order valence-corrected chi connectivity index (χ3v) is 6.01. The third-order valence-electron chi connectivity index (χ3n) is 6.01. The maximum Gasteiger partial charge on any atom is 0.191 e. The van der Waals surface area contributed by atoms with E-state index in [9.17, 15) is 0 Å². The molecule has 2 aromatic carbocycles. The normalized spacial score (nSPS) is 23.6. The summed E-state index contributed by atoms with van der Waals surface area (Å²) >= 11 is 0. The highest BCUT2D eigenvalue weighted by atomic mass is 16.5. The summed E-state index contributed by atoms with van der Waals surface area (Å²) in [5, 5.41) is 6.96. The molecule has 0 aliphatic carbocycles. The zero-order valence-corrected chi connectivity index (χ0v) is 16.7. The van der Waals surface area contributed by atoms with E-state index in [0.29, 0.717) is 18.2 Å². The summed E-state index contributed by atoms with van der Waals surface area (Å²) in [4.78, 5) is 8.85. The van der Waals surface area contributed by atoms with Crippen molar-refractivity contribution in [3.05, 3.63) is 66.0 Å². The topological polar surface area (TPSA) is 63.5 Å². The average molecular weight is 390 g/mol. The van der Waals surface area contributed by atoms with Crippen LogP contribution < -0.4 is 10.6 Å². The van der Waals surface area contributed by atoms with Crippen molar-refractivity contribution in [2.45, 2.75) is 50.6 Å². The van der Waals surface area contributed by atoms with Crippen molar-refractivity contribution >= 4 is 17.0 Å². The number of aromatic nitrogens is 2. The summed E-state index contributed by atoms with van der Waals surface area (Å²) in [5.41, 5.74) is 4.70. The molecule has 150 valence electrons. The minimum absolute atomic E-state index is 0.345. The molecule has 3 aromatic rings. The number of hydrogen-bond donors (Lipinski definition) is 2. The summed E-state index contributed by atoms with van der Waals surface area (Å²) in [7, 11) is 1.82. The molecule has 29 heavy (non-hydrogen) atoms. The van der Waals surface area contributed by atoms with Crippen LogP contribution in [0, 0.1) is 0 Å². The van der Waals surface area contributed by atoms with Crippen LogP contribution in [0.1, 0.15) is 30.4 Å². The van der Waals surface area contributed by atoms with Gasteiger partial charge in [0, 0.05) is 20.1 Å². The fraction of sp³-hybridized carbons (Fsp3) is 0.391. The van der Waals surface area contributed by atoms with Crippen LogP contribution in [0.3, 0.4) is 0 Å². The lowest BCUT2D eigenvalue weighted by Crippen LogP contribution is -2.47. The van der Waals surface area contributed by atoms with Crippen LogP contribution >= 0.6 is 0 Å². The fourth-order valence-electron chi connectivity index (χ4n) is 4.44. The smallest absolute Gasteiger partial charge is 0.191 e. The monoisotopic (exact) mass is 389 g/mol. The van der Waals surface area contributed by atoms with E-state index >= 15 is 0 Å². The van der Waals surface area contributed by atoms with Crippen LogP contribution in [-0.2, 0) is 17.8 Å². The summed E-state index contributed by atoms with van der Waals surface area (Å²) in [6.07, 6.45) is 6.15. The molecule has 6 nitrogen and oxygen atoms in total. The Morgan fingerprint density at radius 3 is 2.72 bits per heavy atom. The lowest BCUT2D eigenvalue weighted by molar-refractivity contribution is 0.0992. The quantitative estimate of drug-likeness (QED) is 0.520. The van der Waals surface area contributed by atoms with E-state index in [2.05, 4.69) is 61.6 Å². The molecule has 2 aliphatic rings. The Kier molecular flexibility index (Phi) is 4.94. The number of nitrogens with zero attached hydrogens (tertiary/aromatic N) is 3. The van der Waals surface area contributed by atoms with E-state index in [1.807, 2.05) is 25.5 Å². The highest BCUT2D eigenvalue weighted by Crippen LogP contribution is 2.34. The molecular weight excluding hydrogens is 362 g/mol. The van der Waals surface area contributed by atoms with Crippen LogP contribution in [0.15, 0.2) is 59.9 Å². The predicted octanol–water partition coefficient (Wildman–Crippen LogP) is 3.07. The average Bonchev–Trinajstić information content (AvgIpc) is 3.48. The number of fused-ring (bicyclic) bond motifs is 3. The molecule has 0 radical (unpaired) electrons. The van der Waals surface area contributed by atoms with Gasteiger partial charge >= 0.3 is 0 Å². The minimum atomic E-state index is 0.345. The number of ether oxygens (including phenoxy) is 1. The number of nitrogens with one attached hydrogen (secondary N) is 2. The molecular formula is C23H27N5O. The van der Waals surface area contributed by atoms with Crippen LogP contribution in [0.2, 0.25) is 0 Å². The zero-order valence-electron chi connectivity index (χ0n) is 16.7. The molecule has 2 bridgehead atoms. The minimum Gasteiger partial charge on any atom is -0.373 e. The van der Waals surface area contributed by atoms with Gasteiger partial charge < -0.3 is 19.9 Å². The lowest BCUT2D eigenvalue weighted by atomic mass is 9.96. The number of hydrogen-bond acceptors (Lipinski definition) is 3. The van der Waals surface area contributed by atoms with Gasteiger partial charge in [0.1, 0.15) is 0 Å². The molecule has 2 saturated heterocycles. The Balaban J connectivity index is 1.17. The maximum atomic E-state index is 5.92. The maximum absolute atomic E-state index is 5.92. The fourth-order valence-corrected chi connectivity index (χ4v) is 4.44. The summed E-state index contributed by atoms with van der Waals surface area (Å²) in [6, 6.07) is 17.3. The van der Waals surface area contributed by atoms with Gasteiger partial charge in [0.25, 0.3) is 0 Å². The highest BCUT2D eigenvalue weighted by molar-refractivity contribution is 5.80. The second-order valence-electron chi connectivity index (χ2n) is 7.96. The standard InChI is InChI=1S/C23H27N5O/c1-24-23(27-20-12-18-10-11-22(20)29-18)25-13-16-6-8-17(9-7-16)14-28-15-26-19-4-2-3-5-21(19)28/h2-9,15,18,20,22H,10-14H2,1H3,(H2,24,25,27). The zero-order chi connectivity index (χ0) is 19.6. The van der Waals surface area contributed by atoms with Crippen molar-refractivity contribution in [1.29, 1.82) is 0 Å². The largest absolute Gasteiger partial charge is 0.373 e. The van der Waals surface area contributed by atoms with Crippen LogP contribution in [-0.4, -0.2) is 40.8 Å². The van der Waals surface area contributed by atoms with Crippen molar-refractivity contribution in [1.82, 2.24) is 20.2 Å². The number of rotatable bonds is 5. The highest BCUT2D eigenvalue weighted by Gasteiger charge is 2.41. The molecule has 6 heteroatoms. The number of aliphatic imine (C=N–C) groups is 1. The Hall–Kier alpha value is -2.86. The first-order valence-corrected chi connectivity index (χ1v) is 10.4. The molecule has 3 atom stereocenters. The second-order valence-corrected chi connectivity index (χ2v) is 7.96. The van der Waals surface area contributed by atoms with E-state index in [-0.39, 0.29) is 0 Å². The van der Waals surface area contributed by atoms with Crippen molar-refractivity contribution in [3.8, 4) is 0 Å². The molecule has 5 rings (SSSR count). The Bertz CT molecular complexity index is 1010. The first-order chi connectivity index (χ1) is 14.3. The van der Waals surface area contributed by atoms with Crippen LogP contribution in [0.4, 0.5) is 0 Å². The van der Waals surface area contributed by atoms with Gasteiger partial charge in [-0.1, -0.05) is 36.4 Å². The van der Waals surface area contributed by atoms with Crippen molar-refractivity contribution < 1.29 is 4.74 Å². The van der Waals surface area contributed by atoms with Gasteiger partial charge in [-0.2, -0.15) is 0 Å². The Morgan fingerprint density at radius 2 is 1.97 bits per heavy atom. The SMILES string of the molecule is CN=C(NCc1ccc(Cn2cnc3ccccc32)cc1)NC1CC2CCC1O2. The molecule has 2 aliphatic heterocycles. The first-order valence-electron chi connectivity index (χ1n) is 10.4. The molecule has 0 amide bonds. The van der Waals surface area contributed by atoms with Gasteiger partial charge in [-0.3, -0.25) is 4.99 Å². The first kappa shape index (κ1) is 18.2. The summed E-state index contributed by atoms with van der Waals surface area (Å²) in [6.45, 7) is 1.57. The van der Waals surface area contributed by atoms with Gasteiger partial charge in [0.15, 0.2) is 5.96 Å². The Morgan fingerprint density at radius 1 is 1.14 bits per heavy atom. The van der Waals surface area contributed by atoms with Gasteiger partial charge in [0.2, 0.25) is 0 Å². The molecule has 0 saturated carbocycles. The van der Waals surface area contributed by atoms with E-state index in [0.717, 1.165) is 42.9 Å². The number of imidazole rings is 1. The number of para-hydroxylation sites is 2. The molecule has 1 aromatic heterocycles. The van der Waals surface area contributed by atoms with Gasteiger partial charge in [-0.15, -0.1) is 0 Å². The van der Waals surface area contributed by atoms with Gasteiger partial charge in [-0.05, 0) is 42.5 Å². The predicted molar refractivity (Wildman–Crippen MR) is 115 cm³/mol. The van der Waals surface area contributed by atoms with Gasteiger partial charge in [0.05, 0.1) is 35.6 Å². The van der Waals surface area contributed by atoms with Crippen molar-refractivity contribution in [2.24, 2.45) is 4.99 Å². The molecule has 2 N–H and O–H groups in total. The second kappa shape index (κ2) is 7.87. The van der Waals surface area contributed by atoms with Crippen LogP contribution in [0.5, 0.6) is 0 Å². The van der Waals surface area contributed by atoms with Crippen molar-refractivity contribution in [2.75, 3.05) is 7.05 Å². The summed E-state index contributed by atoms with van der Waals surface area (Å²) in [5.74, 6) is 0.847. The third kappa shape index (κ3) is 3.85. The van der Waals surface area contributed by atoms with E-state index in [1.54, 1.807) is 0 Å².